The van der Waals surface area contributed by atoms with Gasteiger partial charge in [0, 0.05) is 38.3 Å². The number of rotatable bonds is 9. The molecule has 172 valence electrons. The van der Waals surface area contributed by atoms with Gasteiger partial charge in [0.2, 0.25) is 5.91 Å². The van der Waals surface area contributed by atoms with E-state index in [4.69, 9.17) is 33.0 Å². The Kier molecular flexibility index (Phi) is 9.32. The first-order valence-electron chi connectivity index (χ1n) is 10.5. The van der Waals surface area contributed by atoms with Gasteiger partial charge in [-0.1, -0.05) is 41.4 Å². The van der Waals surface area contributed by atoms with E-state index in [1.807, 2.05) is 12.1 Å². The van der Waals surface area contributed by atoms with Crippen molar-refractivity contribution in [2.75, 3.05) is 39.4 Å². The molecule has 0 radical (unpaired) electrons. The molecule has 2 amide bonds. The third-order valence-corrected chi connectivity index (χ3v) is 5.86. The minimum Gasteiger partial charge on any atom is -0.395 e. The van der Waals surface area contributed by atoms with Crippen LogP contribution < -0.4 is 10.6 Å². The first-order chi connectivity index (χ1) is 15.4. The summed E-state index contributed by atoms with van der Waals surface area (Å²) in [6.07, 6.45) is 0.131. The largest absolute Gasteiger partial charge is 0.395 e. The van der Waals surface area contributed by atoms with Crippen molar-refractivity contribution in [3.05, 3.63) is 69.2 Å². The number of halogens is 2. The molecule has 2 aromatic rings. The third kappa shape index (κ3) is 7.46. The fourth-order valence-electron chi connectivity index (χ4n) is 3.46. The third-order valence-electron chi connectivity index (χ3n) is 5.12. The molecular weight excluding hydrogens is 453 g/mol. The number of morpholine rings is 1. The molecule has 9 heteroatoms. The van der Waals surface area contributed by atoms with E-state index in [9.17, 15) is 9.59 Å². The van der Waals surface area contributed by atoms with Crippen molar-refractivity contribution in [1.82, 2.24) is 15.5 Å². The molecule has 0 aromatic heterocycles. The van der Waals surface area contributed by atoms with E-state index in [0.717, 1.165) is 24.2 Å². The van der Waals surface area contributed by atoms with Crippen LogP contribution in [0, 0.1) is 0 Å². The molecule has 0 bridgehead atoms. The molecule has 1 aliphatic heterocycles. The number of hydrogen-bond donors (Lipinski definition) is 3. The quantitative estimate of drug-likeness (QED) is 0.513. The molecule has 2 aromatic carbocycles. The van der Waals surface area contributed by atoms with E-state index in [0.29, 0.717) is 35.3 Å². The number of aliphatic hydroxyl groups excluding tert-OH is 1. The molecule has 1 atom stereocenters. The van der Waals surface area contributed by atoms with Crippen LogP contribution in [0.2, 0.25) is 10.0 Å². The number of benzene rings is 2. The Morgan fingerprint density at radius 1 is 1.06 bits per heavy atom. The van der Waals surface area contributed by atoms with Gasteiger partial charge in [-0.2, -0.15) is 0 Å². The monoisotopic (exact) mass is 479 g/mol. The molecular formula is C23H27Cl2N3O4. The molecule has 1 aliphatic rings. The van der Waals surface area contributed by atoms with Crippen molar-refractivity contribution in [2.24, 2.45) is 0 Å². The van der Waals surface area contributed by atoms with Gasteiger partial charge in [0.1, 0.15) is 0 Å². The first-order valence-corrected chi connectivity index (χ1v) is 11.2. The average Bonchev–Trinajstić information content (AvgIpc) is 2.79. The number of aliphatic hydroxyl groups is 1. The van der Waals surface area contributed by atoms with Crippen LogP contribution in [0.5, 0.6) is 0 Å². The van der Waals surface area contributed by atoms with Crippen LogP contribution in [-0.4, -0.2) is 67.3 Å². The number of ether oxygens (including phenoxy) is 1. The van der Waals surface area contributed by atoms with Gasteiger partial charge >= 0.3 is 0 Å². The highest BCUT2D eigenvalue weighted by molar-refractivity contribution is 6.42. The summed E-state index contributed by atoms with van der Waals surface area (Å²) in [6, 6.07) is 12.5. The number of carbonyl (C=O) groups is 2. The highest BCUT2D eigenvalue weighted by Gasteiger charge is 2.21. The molecule has 32 heavy (non-hydrogen) atoms. The lowest BCUT2D eigenvalue weighted by molar-refractivity contribution is -0.121. The molecule has 7 nitrogen and oxygen atoms in total. The number of nitrogens with zero attached hydrogens (tertiary/aromatic N) is 1. The summed E-state index contributed by atoms with van der Waals surface area (Å²) in [7, 11) is 0. The molecule has 1 saturated heterocycles. The van der Waals surface area contributed by atoms with E-state index in [2.05, 4.69) is 15.5 Å². The van der Waals surface area contributed by atoms with E-state index in [1.54, 1.807) is 30.3 Å². The Morgan fingerprint density at radius 2 is 1.81 bits per heavy atom. The Labute approximate surface area is 197 Å². The lowest BCUT2D eigenvalue weighted by Gasteiger charge is -2.33. The summed E-state index contributed by atoms with van der Waals surface area (Å²) in [5, 5.41) is 15.4. The van der Waals surface area contributed by atoms with Crippen LogP contribution in [0.1, 0.15) is 21.5 Å². The summed E-state index contributed by atoms with van der Waals surface area (Å²) in [5.41, 5.74) is 2.38. The predicted octanol–water partition coefficient (Wildman–Crippen LogP) is 2.28. The van der Waals surface area contributed by atoms with Crippen LogP contribution in [0.3, 0.4) is 0 Å². The second-order valence-corrected chi connectivity index (χ2v) is 8.45. The lowest BCUT2D eigenvalue weighted by atomic mass is 10.1. The van der Waals surface area contributed by atoms with Gasteiger partial charge in [-0.05, 0) is 35.4 Å². The summed E-state index contributed by atoms with van der Waals surface area (Å²) in [4.78, 5) is 26.5. The van der Waals surface area contributed by atoms with Gasteiger partial charge in [-0.15, -0.1) is 0 Å². The molecule has 1 fully saturated rings. The Morgan fingerprint density at radius 3 is 2.53 bits per heavy atom. The highest BCUT2D eigenvalue weighted by Crippen LogP contribution is 2.23. The average molecular weight is 480 g/mol. The van der Waals surface area contributed by atoms with Crippen molar-refractivity contribution in [2.45, 2.75) is 19.1 Å². The molecule has 0 aliphatic carbocycles. The van der Waals surface area contributed by atoms with E-state index < -0.39 is 0 Å². The van der Waals surface area contributed by atoms with E-state index in [1.165, 1.54) is 0 Å². The molecule has 0 spiro atoms. The maximum Gasteiger partial charge on any atom is 0.251 e. The first kappa shape index (κ1) is 24.5. The summed E-state index contributed by atoms with van der Waals surface area (Å²) in [6.45, 7) is 3.38. The minimum atomic E-state index is -0.255. The number of carbonyl (C=O) groups excluding carboxylic acids is 2. The number of hydrogen-bond acceptors (Lipinski definition) is 5. The van der Waals surface area contributed by atoms with Crippen molar-refractivity contribution < 1.29 is 19.4 Å². The van der Waals surface area contributed by atoms with Gasteiger partial charge in [-0.25, -0.2) is 0 Å². The fourth-order valence-corrected chi connectivity index (χ4v) is 3.79. The van der Waals surface area contributed by atoms with Crippen molar-refractivity contribution >= 4 is 35.0 Å². The van der Waals surface area contributed by atoms with Gasteiger partial charge in [0.15, 0.2) is 0 Å². The van der Waals surface area contributed by atoms with Crippen LogP contribution in [0.15, 0.2) is 42.5 Å². The van der Waals surface area contributed by atoms with Crippen molar-refractivity contribution in [3.63, 3.8) is 0 Å². The fraction of sp³-hybridized carbons (Fsp3) is 0.391. The standard InChI is InChI=1S/C23H27Cl2N3O4/c24-20-6-3-17(11-21(20)25)14-28-8-10-32-19(15-28)13-27-22(30)12-16-1-4-18(5-2-16)23(31)26-7-9-29/h1-6,11,19,29H,7-10,12-15H2,(H,26,31)(H,27,30). The topological polar surface area (TPSA) is 90.9 Å². The predicted molar refractivity (Wildman–Crippen MR) is 124 cm³/mol. The van der Waals surface area contributed by atoms with Crippen molar-refractivity contribution in [3.8, 4) is 0 Å². The molecule has 3 N–H and O–H groups in total. The summed E-state index contributed by atoms with van der Waals surface area (Å²) < 4.78 is 5.80. The van der Waals surface area contributed by atoms with Gasteiger partial charge in [0.25, 0.3) is 5.91 Å². The summed E-state index contributed by atoms with van der Waals surface area (Å²) in [5.74, 6) is -0.359. The second kappa shape index (κ2) is 12.2. The smallest absolute Gasteiger partial charge is 0.251 e. The highest BCUT2D eigenvalue weighted by atomic mass is 35.5. The van der Waals surface area contributed by atoms with Gasteiger partial charge in [0.05, 0.1) is 35.8 Å². The number of nitrogens with one attached hydrogen (secondary N) is 2. The van der Waals surface area contributed by atoms with Crippen LogP contribution in [-0.2, 0) is 22.5 Å². The minimum absolute atomic E-state index is 0.0898. The van der Waals surface area contributed by atoms with Crippen LogP contribution in [0.25, 0.3) is 0 Å². The normalized spacial score (nSPS) is 16.5. The Balaban J connectivity index is 1.43. The van der Waals surface area contributed by atoms with Gasteiger partial charge < -0.3 is 20.5 Å². The molecule has 3 rings (SSSR count). The number of amides is 2. The van der Waals surface area contributed by atoms with E-state index in [-0.39, 0.29) is 37.5 Å². The zero-order valence-corrected chi connectivity index (χ0v) is 19.2. The summed E-state index contributed by atoms with van der Waals surface area (Å²) >= 11 is 12.1. The SMILES string of the molecule is O=C(Cc1ccc(C(=O)NCCO)cc1)NCC1CN(Cc2ccc(Cl)c(Cl)c2)CCO1. The maximum atomic E-state index is 12.3. The van der Waals surface area contributed by atoms with Crippen LogP contribution >= 0.6 is 23.2 Å². The molecule has 1 unspecified atom stereocenters. The Hall–Kier alpha value is -2.16. The van der Waals surface area contributed by atoms with E-state index >= 15 is 0 Å². The zero-order valence-electron chi connectivity index (χ0n) is 17.7. The van der Waals surface area contributed by atoms with Crippen molar-refractivity contribution in [1.29, 1.82) is 0 Å². The zero-order chi connectivity index (χ0) is 22.9. The van der Waals surface area contributed by atoms with Crippen LogP contribution in [0.4, 0.5) is 0 Å². The maximum absolute atomic E-state index is 12.3. The molecule has 1 heterocycles. The Bertz CT molecular complexity index is 924. The molecule has 0 saturated carbocycles. The second-order valence-electron chi connectivity index (χ2n) is 7.63. The van der Waals surface area contributed by atoms with Gasteiger partial charge in [-0.3, -0.25) is 14.5 Å². The lowest BCUT2D eigenvalue weighted by Crippen LogP contribution is -2.47.